The number of imide groups is 1. The predicted octanol–water partition coefficient (Wildman–Crippen LogP) is 5.09. The van der Waals surface area contributed by atoms with Crippen molar-refractivity contribution >= 4 is 56.9 Å². The second-order valence-corrected chi connectivity index (χ2v) is 11.1. The molecule has 3 aromatic rings. The van der Waals surface area contributed by atoms with Crippen molar-refractivity contribution in [1.82, 2.24) is 4.90 Å². The second-order valence-electron chi connectivity index (χ2n) is 9.02. The van der Waals surface area contributed by atoms with Crippen LogP contribution in [0.3, 0.4) is 0 Å². The third kappa shape index (κ3) is 3.03. The fraction of sp³-hybridized carbons (Fsp3) is 0.222. The summed E-state index contributed by atoms with van der Waals surface area (Å²) in [6, 6.07) is 22.1. The number of ether oxygens (including phenoxy) is 1. The SMILES string of the molecule is O=C(CN1C(=O)[C@H]2[C@H](C1=O)C1(Cl)c3ccccc3C2(Cl)c2ccccc21)OCc1ccc(Br)cc1. The number of nitrogens with zero attached hydrogens (tertiary/aromatic N) is 1. The van der Waals surface area contributed by atoms with Crippen molar-refractivity contribution in [3.8, 4) is 0 Å². The van der Waals surface area contributed by atoms with E-state index in [1.807, 2.05) is 72.8 Å². The minimum atomic E-state index is -1.27. The Balaban J connectivity index is 1.35. The van der Waals surface area contributed by atoms with Gasteiger partial charge in [-0.15, -0.1) is 23.2 Å². The first kappa shape index (κ1) is 22.8. The standard InChI is InChI=1S/C27H18BrCl2NO4/c28-16-11-9-15(10-12-16)14-35-21(32)13-31-24(33)22-23(25(31)34)27(30)18-6-2-1-5-17(18)26(22,29)19-7-3-4-8-20(19)27/h1-12,22-23H,13-14H2/t22-,23-,26?,27?/m1/s1. The highest BCUT2D eigenvalue weighted by molar-refractivity contribution is 9.10. The molecule has 1 aliphatic heterocycles. The van der Waals surface area contributed by atoms with Crippen molar-refractivity contribution in [1.29, 1.82) is 0 Å². The fourth-order valence-electron chi connectivity index (χ4n) is 5.80. The normalized spacial score (nSPS) is 27.9. The molecule has 35 heavy (non-hydrogen) atoms. The summed E-state index contributed by atoms with van der Waals surface area (Å²) in [6.07, 6.45) is 0. The Morgan fingerprint density at radius 3 is 1.66 bits per heavy atom. The monoisotopic (exact) mass is 569 g/mol. The van der Waals surface area contributed by atoms with E-state index in [0.717, 1.165) is 37.2 Å². The summed E-state index contributed by atoms with van der Waals surface area (Å²) in [7, 11) is 0. The van der Waals surface area contributed by atoms with Gasteiger partial charge in [-0.1, -0.05) is 76.6 Å². The lowest BCUT2D eigenvalue weighted by Gasteiger charge is -2.54. The molecule has 0 unspecified atom stereocenters. The fourth-order valence-corrected chi connectivity index (χ4v) is 7.16. The Labute approximate surface area is 220 Å². The summed E-state index contributed by atoms with van der Waals surface area (Å²) in [6.45, 7) is -0.460. The van der Waals surface area contributed by atoms with E-state index in [1.165, 1.54) is 0 Å². The molecule has 1 saturated heterocycles. The molecule has 3 aliphatic carbocycles. The number of carbonyl (C=O) groups is 3. The average Bonchev–Trinajstić information content (AvgIpc) is 3.13. The Morgan fingerprint density at radius 2 is 1.23 bits per heavy atom. The van der Waals surface area contributed by atoms with Crippen LogP contribution < -0.4 is 0 Å². The van der Waals surface area contributed by atoms with E-state index in [-0.39, 0.29) is 6.61 Å². The van der Waals surface area contributed by atoms with Crippen molar-refractivity contribution in [3.05, 3.63) is 105 Å². The predicted molar refractivity (Wildman–Crippen MR) is 134 cm³/mol. The van der Waals surface area contributed by atoms with Gasteiger partial charge in [0.25, 0.3) is 0 Å². The molecule has 1 heterocycles. The Bertz CT molecular complexity index is 1280. The van der Waals surface area contributed by atoms with Gasteiger partial charge in [-0.05, 0) is 39.9 Å². The highest BCUT2D eigenvalue weighted by Gasteiger charge is 2.73. The number of amides is 2. The summed E-state index contributed by atoms with van der Waals surface area (Å²) in [5.41, 5.74) is 3.67. The number of benzene rings is 3. The molecular formula is C27H18BrCl2NO4. The number of rotatable bonds is 4. The highest BCUT2D eigenvalue weighted by Crippen LogP contribution is 2.69. The molecule has 2 bridgehead atoms. The molecule has 3 aromatic carbocycles. The number of carbonyl (C=O) groups excluding carboxylic acids is 3. The van der Waals surface area contributed by atoms with Gasteiger partial charge < -0.3 is 4.74 Å². The quantitative estimate of drug-likeness (QED) is 0.249. The molecule has 0 aromatic heterocycles. The van der Waals surface area contributed by atoms with Crippen LogP contribution in [0.5, 0.6) is 0 Å². The molecule has 4 aliphatic rings. The largest absolute Gasteiger partial charge is 0.459 e. The van der Waals surface area contributed by atoms with Gasteiger partial charge in [0.1, 0.15) is 22.9 Å². The third-order valence-corrected chi connectivity index (χ3v) is 9.09. The van der Waals surface area contributed by atoms with Crippen molar-refractivity contribution in [3.63, 3.8) is 0 Å². The van der Waals surface area contributed by atoms with Gasteiger partial charge in [0.05, 0.1) is 11.8 Å². The van der Waals surface area contributed by atoms with Crippen LogP contribution >= 0.6 is 39.1 Å². The zero-order chi connectivity index (χ0) is 24.5. The molecule has 8 heteroatoms. The van der Waals surface area contributed by atoms with Gasteiger partial charge in [0, 0.05) is 4.47 Å². The Hall–Kier alpha value is -2.67. The second kappa shape index (κ2) is 7.92. The molecule has 2 amide bonds. The zero-order valence-corrected chi connectivity index (χ0v) is 21.3. The molecule has 0 saturated carbocycles. The van der Waals surface area contributed by atoms with Crippen LogP contribution in [0.2, 0.25) is 0 Å². The lowest BCUT2D eigenvalue weighted by atomic mass is 9.54. The van der Waals surface area contributed by atoms with Crippen molar-refractivity contribution < 1.29 is 19.1 Å². The lowest BCUT2D eigenvalue weighted by Crippen LogP contribution is -2.57. The van der Waals surface area contributed by atoms with Crippen LogP contribution in [-0.2, 0) is 35.5 Å². The van der Waals surface area contributed by atoms with E-state index < -0.39 is 45.9 Å². The van der Waals surface area contributed by atoms with Crippen LogP contribution in [0.15, 0.2) is 77.3 Å². The van der Waals surface area contributed by atoms with Gasteiger partial charge in [0.15, 0.2) is 0 Å². The van der Waals surface area contributed by atoms with E-state index >= 15 is 0 Å². The van der Waals surface area contributed by atoms with Crippen molar-refractivity contribution in [2.45, 2.75) is 16.4 Å². The molecule has 7 rings (SSSR count). The summed E-state index contributed by atoms with van der Waals surface area (Å²) < 4.78 is 6.26. The van der Waals surface area contributed by atoms with Crippen LogP contribution in [0.4, 0.5) is 0 Å². The van der Waals surface area contributed by atoms with E-state index in [9.17, 15) is 14.4 Å². The van der Waals surface area contributed by atoms with E-state index in [2.05, 4.69) is 15.9 Å². The number of esters is 1. The van der Waals surface area contributed by atoms with Gasteiger partial charge in [-0.3, -0.25) is 19.3 Å². The molecule has 0 N–H and O–H groups in total. The van der Waals surface area contributed by atoms with Gasteiger partial charge in [0.2, 0.25) is 11.8 Å². The third-order valence-electron chi connectivity index (χ3n) is 7.28. The summed E-state index contributed by atoms with van der Waals surface area (Å²) >= 11 is 18.1. The smallest absolute Gasteiger partial charge is 0.326 e. The number of likely N-dealkylation sites (tertiary alicyclic amines) is 1. The van der Waals surface area contributed by atoms with Crippen molar-refractivity contribution in [2.24, 2.45) is 11.8 Å². The first-order valence-corrected chi connectivity index (χ1v) is 12.7. The molecule has 1 fully saturated rings. The van der Waals surface area contributed by atoms with Crippen LogP contribution in [0.25, 0.3) is 0 Å². The number of alkyl halides is 2. The van der Waals surface area contributed by atoms with E-state index in [0.29, 0.717) is 0 Å². The molecule has 5 nitrogen and oxygen atoms in total. The first-order chi connectivity index (χ1) is 16.8. The summed E-state index contributed by atoms with van der Waals surface area (Å²) in [4.78, 5) is 38.5. The topological polar surface area (TPSA) is 63.7 Å². The minimum absolute atomic E-state index is 0.0327. The number of hydrogen-bond donors (Lipinski definition) is 0. The first-order valence-electron chi connectivity index (χ1n) is 11.1. The summed E-state index contributed by atoms with van der Waals surface area (Å²) in [5, 5.41) is 0. The van der Waals surface area contributed by atoms with Gasteiger partial charge >= 0.3 is 5.97 Å². The molecular weight excluding hydrogens is 553 g/mol. The maximum Gasteiger partial charge on any atom is 0.326 e. The number of hydrogen-bond acceptors (Lipinski definition) is 4. The molecule has 2 atom stereocenters. The Kier molecular flexibility index (Phi) is 5.15. The van der Waals surface area contributed by atoms with Gasteiger partial charge in [-0.25, -0.2) is 0 Å². The lowest BCUT2D eigenvalue weighted by molar-refractivity contribution is -0.153. The Morgan fingerprint density at radius 1 is 0.800 bits per heavy atom. The van der Waals surface area contributed by atoms with E-state index in [4.69, 9.17) is 27.9 Å². The molecule has 0 spiro atoms. The molecule has 0 radical (unpaired) electrons. The van der Waals surface area contributed by atoms with Crippen LogP contribution in [-0.4, -0.2) is 29.2 Å². The number of halogens is 3. The maximum atomic E-state index is 13.7. The maximum absolute atomic E-state index is 13.7. The summed E-state index contributed by atoms with van der Waals surface area (Å²) in [5.74, 6) is -3.56. The average molecular weight is 571 g/mol. The van der Waals surface area contributed by atoms with Crippen LogP contribution in [0.1, 0.15) is 27.8 Å². The zero-order valence-electron chi connectivity index (χ0n) is 18.2. The van der Waals surface area contributed by atoms with E-state index in [1.54, 1.807) is 0 Å². The molecule has 176 valence electrons. The van der Waals surface area contributed by atoms with Crippen molar-refractivity contribution in [2.75, 3.05) is 6.54 Å². The highest BCUT2D eigenvalue weighted by atomic mass is 79.9. The van der Waals surface area contributed by atoms with Crippen LogP contribution in [0, 0.1) is 11.8 Å². The minimum Gasteiger partial charge on any atom is -0.459 e. The van der Waals surface area contributed by atoms with Gasteiger partial charge in [-0.2, -0.15) is 0 Å².